The fourth-order valence-electron chi connectivity index (χ4n) is 1.99. The van der Waals surface area contributed by atoms with Crippen molar-refractivity contribution in [3.63, 3.8) is 0 Å². The smallest absolute Gasteiger partial charge is 0.230 e. The van der Waals surface area contributed by atoms with Crippen LogP contribution < -0.4 is 5.73 Å². The van der Waals surface area contributed by atoms with Crippen molar-refractivity contribution in [1.82, 2.24) is 5.16 Å². The predicted octanol–water partition coefficient (Wildman–Crippen LogP) is 3.77. The summed E-state index contributed by atoms with van der Waals surface area (Å²) in [6.07, 6.45) is 0. The number of hydrogen-bond donors (Lipinski definition) is 1. The molecule has 3 aromatic rings. The molecule has 0 aliphatic heterocycles. The Morgan fingerprint density at radius 1 is 1.15 bits per heavy atom. The van der Waals surface area contributed by atoms with Crippen LogP contribution in [0.15, 0.2) is 39.3 Å². The van der Waals surface area contributed by atoms with Crippen LogP contribution in [0.5, 0.6) is 0 Å². The summed E-state index contributed by atoms with van der Waals surface area (Å²) < 4.78 is 37.2. The standard InChI is InChI=1S/C14H10F2N2O2/c1-7-2-5-11(19-7)13-12(14(17)20-18-13)9-4-3-8(15)6-10(9)16/h2-6H,17H2,1H3. The predicted molar refractivity (Wildman–Crippen MR) is 68.7 cm³/mol. The van der Waals surface area contributed by atoms with Crippen molar-refractivity contribution in [2.75, 3.05) is 5.73 Å². The van der Waals surface area contributed by atoms with E-state index in [9.17, 15) is 8.78 Å². The Balaban J connectivity index is 2.21. The molecule has 0 amide bonds. The van der Waals surface area contributed by atoms with Crippen LogP contribution in [-0.2, 0) is 0 Å². The molecule has 0 spiro atoms. The Bertz CT molecular complexity index is 777. The lowest BCUT2D eigenvalue weighted by molar-refractivity contribution is 0.435. The molecule has 20 heavy (non-hydrogen) atoms. The second kappa shape index (κ2) is 4.48. The van der Waals surface area contributed by atoms with Crippen molar-refractivity contribution >= 4 is 5.88 Å². The maximum Gasteiger partial charge on any atom is 0.230 e. The first-order chi connectivity index (χ1) is 9.56. The van der Waals surface area contributed by atoms with Crippen LogP contribution in [0.2, 0.25) is 0 Å². The van der Waals surface area contributed by atoms with E-state index < -0.39 is 11.6 Å². The average molecular weight is 276 g/mol. The molecule has 0 saturated heterocycles. The molecule has 102 valence electrons. The second-order valence-corrected chi connectivity index (χ2v) is 4.30. The summed E-state index contributed by atoms with van der Waals surface area (Å²) in [7, 11) is 0. The monoisotopic (exact) mass is 276 g/mol. The maximum atomic E-state index is 13.9. The molecular weight excluding hydrogens is 266 g/mol. The van der Waals surface area contributed by atoms with Crippen molar-refractivity contribution in [3.8, 4) is 22.6 Å². The second-order valence-electron chi connectivity index (χ2n) is 4.30. The Kier molecular flexibility index (Phi) is 2.78. The van der Waals surface area contributed by atoms with Gasteiger partial charge in [-0.1, -0.05) is 5.16 Å². The number of nitrogens with two attached hydrogens (primary N) is 1. The topological polar surface area (TPSA) is 65.2 Å². The Labute approximate surface area is 112 Å². The Hall–Kier alpha value is -2.63. The Morgan fingerprint density at radius 2 is 1.95 bits per heavy atom. The molecule has 2 aromatic heterocycles. The van der Waals surface area contributed by atoms with E-state index in [1.165, 1.54) is 6.07 Å². The molecule has 2 heterocycles. The van der Waals surface area contributed by atoms with Crippen LogP contribution in [0.1, 0.15) is 5.76 Å². The molecule has 0 aliphatic rings. The van der Waals surface area contributed by atoms with E-state index in [0.29, 0.717) is 11.5 Å². The van der Waals surface area contributed by atoms with Gasteiger partial charge in [0, 0.05) is 11.6 Å². The van der Waals surface area contributed by atoms with Gasteiger partial charge >= 0.3 is 0 Å². The van der Waals surface area contributed by atoms with Gasteiger partial charge in [-0.2, -0.15) is 0 Å². The van der Waals surface area contributed by atoms with Gasteiger partial charge in [-0.15, -0.1) is 0 Å². The average Bonchev–Trinajstić information content (AvgIpc) is 2.96. The minimum absolute atomic E-state index is 0.0560. The number of furan rings is 1. The van der Waals surface area contributed by atoms with Crippen molar-refractivity contribution in [1.29, 1.82) is 0 Å². The van der Waals surface area contributed by atoms with Crippen molar-refractivity contribution in [2.45, 2.75) is 6.92 Å². The molecule has 3 rings (SSSR count). The highest BCUT2D eigenvalue weighted by Crippen LogP contribution is 2.38. The van der Waals surface area contributed by atoms with Gasteiger partial charge in [-0.3, -0.25) is 0 Å². The summed E-state index contributed by atoms with van der Waals surface area (Å²) in [4.78, 5) is 0. The summed E-state index contributed by atoms with van der Waals surface area (Å²) >= 11 is 0. The van der Waals surface area contributed by atoms with E-state index in [4.69, 9.17) is 14.7 Å². The minimum atomic E-state index is -0.746. The van der Waals surface area contributed by atoms with Crippen molar-refractivity contribution in [2.24, 2.45) is 0 Å². The van der Waals surface area contributed by atoms with Crippen LogP contribution in [0, 0.1) is 18.6 Å². The number of nitrogens with zero attached hydrogens (tertiary/aromatic N) is 1. The lowest BCUT2D eigenvalue weighted by atomic mass is 10.0. The fourth-order valence-corrected chi connectivity index (χ4v) is 1.99. The zero-order chi connectivity index (χ0) is 14.3. The van der Waals surface area contributed by atoms with Gasteiger partial charge in [0.15, 0.2) is 11.5 Å². The molecular formula is C14H10F2N2O2. The number of nitrogen functional groups attached to an aromatic ring is 1. The normalized spacial score (nSPS) is 10.9. The van der Waals surface area contributed by atoms with Gasteiger partial charge in [0.2, 0.25) is 5.88 Å². The van der Waals surface area contributed by atoms with E-state index in [1.807, 2.05) is 0 Å². The zero-order valence-corrected chi connectivity index (χ0v) is 10.5. The first-order valence-corrected chi connectivity index (χ1v) is 5.83. The van der Waals surface area contributed by atoms with Crippen LogP contribution in [0.4, 0.5) is 14.7 Å². The molecule has 0 unspecified atom stereocenters. The highest BCUT2D eigenvalue weighted by molar-refractivity contribution is 5.85. The first-order valence-electron chi connectivity index (χ1n) is 5.83. The highest BCUT2D eigenvalue weighted by Gasteiger charge is 2.22. The molecule has 0 atom stereocenters. The SMILES string of the molecule is Cc1ccc(-c2noc(N)c2-c2ccc(F)cc2F)o1. The summed E-state index contributed by atoms with van der Waals surface area (Å²) in [5.41, 5.74) is 6.32. The molecule has 6 heteroatoms. The van der Waals surface area contributed by atoms with E-state index in [-0.39, 0.29) is 22.7 Å². The molecule has 0 radical (unpaired) electrons. The molecule has 2 N–H and O–H groups in total. The third kappa shape index (κ3) is 1.95. The van der Waals surface area contributed by atoms with Gasteiger partial charge in [-0.25, -0.2) is 8.78 Å². The number of rotatable bonds is 2. The summed E-state index contributed by atoms with van der Waals surface area (Å²) in [5.74, 6) is -0.394. The van der Waals surface area contributed by atoms with Gasteiger partial charge in [-0.05, 0) is 31.2 Å². The highest BCUT2D eigenvalue weighted by atomic mass is 19.1. The number of aromatic nitrogens is 1. The van der Waals surface area contributed by atoms with E-state index in [0.717, 1.165) is 12.1 Å². The van der Waals surface area contributed by atoms with E-state index in [2.05, 4.69) is 5.16 Å². The maximum absolute atomic E-state index is 13.9. The molecule has 0 saturated carbocycles. The molecule has 0 aliphatic carbocycles. The van der Waals surface area contributed by atoms with E-state index in [1.54, 1.807) is 19.1 Å². The first kappa shape index (κ1) is 12.4. The van der Waals surface area contributed by atoms with Crippen molar-refractivity contribution in [3.05, 3.63) is 47.7 Å². The number of aryl methyl sites for hydroxylation is 1. The lowest BCUT2D eigenvalue weighted by Crippen LogP contribution is -1.91. The minimum Gasteiger partial charge on any atom is -0.460 e. The van der Waals surface area contributed by atoms with Gasteiger partial charge < -0.3 is 14.7 Å². The summed E-state index contributed by atoms with van der Waals surface area (Å²) in [5, 5.41) is 3.79. The fraction of sp³-hybridized carbons (Fsp3) is 0.0714. The van der Waals surface area contributed by atoms with Crippen LogP contribution in [0.25, 0.3) is 22.6 Å². The van der Waals surface area contributed by atoms with Crippen molar-refractivity contribution < 1.29 is 17.7 Å². The van der Waals surface area contributed by atoms with Crippen LogP contribution in [-0.4, -0.2) is 5.16 Å². The zero-order valence-electron chi connectivity index (χ0n) is 10.5. The number of anilines is 1. The summed E-state index contributed by atoms with van der Waals surface area (Å²) in [6, 6.07) is 6.62. The summed E-state index contributed by atoms with van der Waals surface area (Å²) in [6.45, 7) is 1.77. The molecule has 4 nitrogen and oxygen atoms in total. The molecule has 0 fully saturated rings. The van der Waals surface area contributed by atoms with Crippen LogP contribution in [0.3, 0.4) is 0 Å². The van der Waals surface area contributed by atoms with Gasteiger partial charge in [0.05, 0.1) is 5.56 Å². The quantitative estimate of drug-likeness (QED) is 0.773. The Morgan fingerprint density at radius 3 is 2.60 bits per heavy atom. The largest absolute Gasteiger partial charge is 0.460 e. The third-order valence-corrected chi connectivity index (χ3v) is 2.89. The van der Waals surface area contributed by atoms with E-state index >= 15 is 0 Å². The number of halogens is 2. The van der Waals surface area contributed by atoms with Gasteiger partial charge in [0.1, 0.15) is 17.4 Å². The third-order valence-electron chi connectivity index (χ3n) is 2.89. The number of benzene rings is 1. The van der Waals surface area contributed by atoms with Crippen LogP contribution >= 0.6 is 0 Å². The molecule has 0 bridgehead atoms. The van der Waals surface area contributed by atoms with Gasteiger partial charge in [0.25, 0.3) is 0 Å². The number of hydrogen-bond acceptors (Lipinski definition) is 4. The molecule has 1 aromatic carbocycles. The lowest BCUT2D eigenvalue weighted by Gasteiger charge is -2.03.